The maximum atomic E-state index is 12.8. The van der Waals surface area contributed by atoms with Crippen molar-refractivity contribution in [1.29, 1.82) is 0 Å². The first kappa shape index (κ1) is 19.8. The summed E-state index contributed by atoms with van der Waals surface area (Å²) in [5, 5.41) is 2.81. The Morgan fingerprint density at radius 2 is 1.97 bits per heavy atom. The third-order valence-electron chi connectivity index (χ3n) is 4.90. The summed E-state index contributed by atoms with van der Waals surface area (Å²) in [5.41, 5.74) is 2.51. The van der Waals surface area contributed by atoms with E-state index < -0.39 is 12.2 Å². The number of carbonyl (C=O) groups excluding carboxylic acids is 1. The molecule has 0 fully saturated rings. The molecule has 1 aliphatic heterocycles. The van der Waals surface area contributed by atoms with Crippen LogP contribution in [0.1, 0.15) is 28.2 Å². The molecule has 2 heterocycles. The van der Waals surface area contributed by atoms with Gasteiger partial charge in [-0.3, -0.25) is 4.79 Å². The normalized spacial score (nSPS) is 12.3. The van der Waals surface area contributed by atoms with Crippen LogP contribution in [0.25, 0.3) is 11.0 Å². The maximum Gasteiger partial charge on any atom is 0.295 e. The third kappa shape index (κ3) is 4.04. The number of benzene rings is 3. The molecule has 0 bridgehead atoms. The summed E-state index contributed by atoms with van der Waals surface area (Å²) in [7, 11) is 0. The van der Waals surface area contributed by atoms with Crippen molar-refractivity contribution in [3.63, 3.8) is 0 Å². The molecule has 5 rings (SSSR count). The quantitative estimate of drug-likeness (QED) is 0.440. The second-order valence-corrected chi connectivity index (χ2v) is 7.11. The summed E-state index contributed by atoms with van der Waals surface area (Å²) < 4.78 is 42.1. The molecule has 9 heteroatoms. The Hall–Kier alpha value is -4.14. The van der Waals surface area contributed by atoms with Crippen LogP contribution < -0.4 is 19.5 Å². The van der Waals surface area contributed by atoms with Crippen molar-refractivity contribution in [3.8, 4) is 17.2 Å². The van der Waals surface area contributed by atoms with Gasteiger partial charge in [-0.05, 0) is 48.0 Å². The van der Waals surface area contributed by atoms with Crippen LogP contribution in [0.15, 0.2) is 60.7 Å². The van der Waals surface area contributed by atoms with Gasteiger partial charge in [-0.15, -0.1) is 0 Å². The summed E-state index contributed by atoms with van der Waals surface area (Å²) in [4.78, 5) is 19.0. The molecule has 2 N–H and O–H groups in total. The van der Waals surface area contributed by atoms with Gasteiger partial charge >= 0.3 is 0 Å². The SMILES string of the molecule is O=C(Nc1cccc(COc2ccc3c(c2)OCO3)c1)c1ccc2nc(C(F)F)[nH]c2c1. The van der Waals surface area contributed by atoms with E-state index in [2.05, 4.69) is 15.3 Å². The van der Waals surface area contributed by atoms with Crippen LogP contribution >= 0.6 is 0 Å². The van der Waals surface area contributed by atoms with E-state index in [0.717, 1.165) is 5.56 Å². The molecule has 0 atom stereocenters. The van der Waals surface area contributed by atoms with E-state index in [1.807, 2.05) is 6.07 Å². The topological polar surface area (TPSA) is 85.5 Å². The molecule has 4 aromatic rings. The number of halogens is 2. The molecule has 0 aliphatic carbocycles. The zero-order chi connectivity index (χ0) is 22.1. The summed E-state index contributed by atoms with van der Waals surface area (Å²) in [6, 6.07) is 17.2. The lowest BCUT2D eigenvalue weighted by Gasteiger charge is -2.10. The first-order valence-corrected chi connectivity index (χ1v) is 9.76. The van der Waals surface area contributed by atoms with Crippen LogP contribution in [-0.4, -0.2) is 22.7 Å². The van der Waals surface area contributed by atoms with Crippen molar-refractivity contribution in [2.45, 2.75) is 13.0 Å². The number of anilines is 1. The predicted octanol–water partition coefficient (Wildman–Crippen LogP) is 5.06. The van der Waals surface area contributed by atoms with E-state index in [4.69, 9.17) is 14.2 Å². The van der Waals surface area contributed by atoms with Gasteiger partial charge in [0.15, 0.2) is 17.3 Å². The average Bonchev–Trinajstić information content (AvgIpc) is 3.44. The van der Waals surface area contributed by atoms with Gasteiger partial charge in [-0.25, -0.2) is 13.8 Å². The third-order valence-corrected chi connectivity index (χ3v) is 4.90. The summed E-state index contributed by atoms with van der Waals surface area (Å²) >= 11 is 0. The Labute approximate surface area is 180 Å². The van der Waals surface area contributed by atoms with Crippen molar-refractivity contribution >= 4 is 22.6 Å². The number of nitrogens with zero attached hydrogens (tertiary/aromatic N) is 1. The highest BCUT2D eigenvalue weighted by atomic mass is 19.3. The fraction of sp³-hybridized carbons (Fsp3) is 0.130. The molecule has 32 heavy (non-hydrogen) atoms. The first-order chi connectivity index (χ1) is 15.5. The molecule has 3 aromatic carbocycles. The van der Waals surface area contributed by atoms with Crippen molar-refractivity contribution in [2.24, 2.45) is 0 Å². The minimum Gasteiger partial charge on any atom is -0.489 e. The highest BCUT2D eigenvalue weighted by molar-refractivity contribution is 6.05. The van der Waals surface area contributed by atoms with Gasteiger partial charge in [0, 0.05) is 17.3 Å². The number of imidazole rings is 1. The maximum absolute atomic E-state index is 12.8. The molecule has 1 aromatic heterocycles. The van der Waals surface area contributed by atoms with Crippen LogP contribution in [0.3, 0.4) is 0 Å². The molecule has 0 unspecified atom stereocenters. The molecule has 0 spiro atoms. The molecular formula is C23H17F2N3O4. The van der Waals surface area contributed by atoms with Crippen LogP contribution in [-0.2, 0) is 6.61 Å². The Morgan fingerprint density at radius 1 is 1.09 bits per heavy atom. The lowest BCUT2D eigenvalue weighted by Crippen LogP contribution is -2.12. The zero-order valence-corrected chi connectivity index (χ0v) is 16.6. The average molecular weight is 437 g/mol. The monoisotopic (exact) mass is 437 g/mol. The molecule has 0 saturated carbocycles. The molecule has 162 valence electrons. The van der Waals surface area contributed by atoms with Gasteiger partial charge in [0.05, 0.1) is 11.0 Å². The zero-order valence-electron chi connectivity index (χ0n) is 16.6. The Balaban J connectivity index is 1.26. The van der Waals surface area contributed by atoms with Crippen molar-refractivity contribution in [2.75, 3.05) is 12.1 Å². The van der Waals surface area contributed by atoms with Crippen LogP contribution in [0.2, 0.25) is 0 Å². The molecule has 1 amide bonds. The Morgan fingerprint density at radius 3 is 2.84 bits per heavy atom. The largest absolute Gasteiger partial charge is 0.489 e. The van der Waals surface area contributed by atoms with Gasteiger partial charge in [-0.2, -0.15) is 0 Å². The number of rotatable bonds is 6. The number of nitrogens with one attached hydrogen (secondary N) is 2. The Bertz CT molecular complexity index is 1310. The van der Waals surface area contributed by atoms with Gasteiger partial charge in [0.2, 0.25) is 6.79 Å². The van der Waals surface area contributed by atoms with Gasteiger partial charge < -0.3 is 24.5 Å². The van der Waals surface area contributed by atoms with Gasteiger partial charge in [-0.1, -0.05) is 12.1 Å². The number of amides is 1. The van der Waals surface area contributed by atoms with Gasteiger partial charge in [0.25, 0.3) is 12.3 Å². The Kier molecular flexibility index (Phi) is 5.06. The number of aromatic nitrogens is 2. The smallest absolute Gasteiger partial charge is 0.295 e. The van der Waals surface area contributed by atoms with Crippen LogP contribution in [0, 0.1) is 0 Å². The summed E-state index contributed by atoms with van der Waals surface area (Å²) in [6.45, 7) is 0.487. The fourth-order valence-electron chi connectivity index (χ4n) is 3.35. The number of hydrogen-bond donors (Lipinski definition) is 2. The van der Waals surface area contributed by atoms with Crippen LogP contribution in [0.5, 0.6) is 17.2 Å². The van der Waals surface area contributed by atoms with E-state index in [-0.39, 0.29) is 12.7 Å². The minimum absolute atomic E-state index is 0.196. The van der Waals surface area contributed by atoms with E-state index in [9.17, 15) is 13.6 Å². The fourth-order valence-corrected chi connectivity index (χ4v) is 3.35. The predicted molar refractivity (Wildman–Crippen MR) is 112 cm³/mol. The molecule has 7 nitrogen and oxygen atoms in total. The summed E-state index contributed by atoms with van der Waals surface area (Å²) in [6.07, 6.45) is -2.71. The minimum atomic E-state index is -2.71. The van der Waals surface area contributed by atoms with Crippen LogP contribution in [0.4, 0.5) is 14.5 Å². The van der Waals surface area contributed by atoms with Crippen molar-refractivity contribution < 1.29 is 27.8 Å². The molecular weight excluding hydrogens is 420 g/mol. The first-order valence-electron chi connectivity index (χ1n) is 9.76. The van der Waals surface area contributed by atoms with Gasteiger partial charge in [0.1, 0.15) is 12.4 Å². The lowest BCUT2D eigenvalue weighted by atomic mass is 10.1. The number of alkyl halides is 2. The number of hydrogen-bond acceptors (Lipinski definition) is 5. The number of ether oxygens (including phenoxy) is 3. The second-order valence-electron chi connectivity index (χ2n) is 7.11. The highest BCUT2D eigenvalue weighted by Crippen LogP contribution is 2.35. The highest BCUT2D eigenvalue weighted by Gasteiger charge is 2.15. The molecule has 1 aliphatic rings. The number of carbonyl (C=O) groups is 1. The standard InChI is InChI=1S/C23H17F2N3O4/c24-21(25)22-27-17-6-4-14(9-18(17)28-22)23(29)26-15-3-1-2-13(8-15)11-30-16-5-7-19-20(10-16)32-12-31-19/h1-10,21H,11-12H2,(H,26,29)(H,27,28). The molecule has 0 saturated heterocycles. The molecule has 0 radical (unpaired) electrons. The van der Waals surface area contributed by atoms with E-state index in [1.165, 1.54) is 12.1 Å². The van der Waals surface area contributed by atoms with Crippen molar-refractivity contribution in [1.82, 2.24) is 9.97 Å². The van der Waals surface area contributed by atoms with E-state index in [0.29, 0.717) is 46.1 Å². The number of fused-ring (bicyclic) bond motifs is 2. The van der Waals surface area contributed by atoms with E-state index in [1.54, 1.807) is 42.5 Å². The van der Waals surface area contributed by atoms with E-state index >= 15 is 0 Å². The van der Waals surface area contributed by atoms with Crippen molar-refractivity contribution in [3.05, 3.63) is 77.6 Å². The number of H-pyrrole nitrogens is 1. The second kappa shape index (κ2) is 8.18. The lowest BCUT2D eigenvalue weighted by molar-refractivity contribution is 0.102. The summed E-state index contributed by atoms with van der Waals surface area (Å²) in [5.74, 6) is 1.17. The number of aromatic amines is 1.